The van der Waals surface area contributed by atoms with Crippen molar-refractivity contribution in [2.24, 2.45) is 0 Å². The molecule has 0 bridgehead atoms. The van der Waals surface area contributed by atoms with Gasteiger partial charge in [-0.05, 0) is 63.8 Å². The maximum Gasteiger partial charge on any atom is 0.202 e. The predicted molar refractivity (Wildman–Crippen MR) is 87.9 cm³/mol. The van der Waals surface area contributed by atoms with Crippen LogP contribution in [0.4, 0.5) is 0 Å². The second-order valence-corrected chi connectivity index (χ2v) is 6.30. The minimum atomic E-state index is 0.0564. The van der Waals surface area contributed by atoms with Crippen LogP contribution < -0.4 is 4.74 Å². The Kier molecular flexibility index (Phi) is 3.81. The Hall–Kier alpha value is -2.03. The van der Waals surface area contributed by atoms with Crippen molar-refractivity contribution in [3.05, 3.63) is 52.3 Å². The molecule has 3 nitrogen and oxygen atoms in total. The van der Waals surface area contributed by atoms with Gasteiger partial charge in [-0.1, -0.05) is 12.1 Å². The summed E-state index contributed by atoms with van der Waals surface area (Å²) >= 11 is 0. The fraction of sp³-hybridized carbons (Fsp3) is 0.421. The van der Waals surface area contributed by atoms with Gasteiger partial charge in [0.05, 0.1) is 0 Å². The Morgan fingerprint density at radius 1 is 1.23 bits per heavy atom. The normalized spacial score (nSPS) is 14.2. The summed E-state index contributed by atoms with van der Waals surface area (Å²) in [5.74, 6) is 0.852. The zero-order valence-corrected chi connectivity index (χ0v) is 13.8. The molecule has 22 heavy (non-hydrogen) atoms. The van der Waals surface area contributed by atoms with E-state index >= 15 is 0 Å². The number of rotatable bonds is 5. The van der Waals surface area contributed by atoms with Gasteiger partial charge in [0.1, 0.15) is 5.75 Å². The third-order valence-corrected chi connectivity index (χ3v) is 4.61. The monoisotopic (exact) mass is 297 g/mol. The highest BCUT2D eigenvalue weighted by atomic mass is 16.5. The lowest BCUT2D eigenvalue weighted by Crippen LogP contribution is -2.13. The van der Waals surface area contributed by atoms with E-state index in [9.17, 15) is 4.79 Å². The number of aryl methyl sites for hydroxylation is 2. The van der Waals surface area contributed by atoms with Crippen LogP contribution in [0.2, 0.25) is 0 Å². The number of nitrogens with zero attached hydrogens (tertiary/aromatic N) is 1. The van der Waals surface area contributed by atoms with Crippen LogP contribution in [0.5, 0.6) is 5.75 Å². The van der Waals surface area contributed by atoms with Gasteiger partial charge in [0.15, 0.2) is 6.61 Å². The summed E-state index contributed by atoms with van der Waals surface area (Å²) in [6.45, 7) is 8.28. The molecule has 1 fully saturated rings. The number of benzene rings is 1. The van der Waals surface area contributed by atoms with Gasteiger partial charge in [0, 0.05) is 23.0 Å². The first-order valence-electron chi connectivity index (χ1n) is 7.89. The van der Waals surface area contributed by atoms with Crippen LogP contribution in [0.25, 0.3) is 0 Å². The van der Waals surface area contributed by atoms with E-state index in [1.165, 1.54) is 24.1 Å². The molecule has 1 saturated carbocycles. The van der Waals surface area contributed by atoms with E-state index in [4.69, 9.17) is 4.74 Å². The molecular weight excluding hydrogens is 274 g/mol. The summed E-state index contributed by atoms with van der Waals surface area (Å²) in [4.78, 5) is 12.5. The second kappa shape index (κ2) is 5.64. The predicted octanol–water partition coefficient (Wildman–Crippen LogP) is 4.32. The summed E-state index contributed by atoms with van der Waals surface area (Å²) < 4.78 is 8.05. The molecule has 0 aliphatic heterocycles. The molecule has 1 heterocycles. The van der Waals surface area contributed by atoms with Crippen molar-refractivity contribution >= 4 is 5.78 Å². The highest BCUT2D eigenvalue weighted by molar-refractivity contribution is 5.98. The molecule has 1 aliphatic rings. The van der Waals surface area contributed by atoms with Crippen molar-refractivity contribution in [3.63, 3.8) is 0 Å². The second-order valence-electron chi connectivity index (χ2n) is 6.30. The molecule has 1 aromatic heterocycles. The Morgan fingerprint density at radius 3 is 2.64 bits per heavy atom. The van der Waals surface area contributed by atoms with Crippen LogP contribution in [0, 0.1) is 27.7 Å². The van der Waals surface area contributed by atoms with E-state index in [0.717, 1.165) is 22.6 Å². The summed E-state index contributed by atoms with van der Waals surface area (Å²) in [5.41, 5.74) is 5.33. The van der Waals surface area contributed by atoms with Crippen molar-refractivity contribution in [2.45, 2.75) is 46.6 Å². The van der Waals surface area contributed by atoms with Gasteiger partial charge in [0.2, 0.25) is 5.78 Å². The largest absolute Gasteiger partial charge is 0.485 e. The highest BCUT2D eigenvalue weighted by Crippen LogP contribution is 2.38. The molecule has 2 aromatic rings. The number of aromatic nitrogens is 1. The molecule has 0 spiro atoms. The van der Waals surface area contributed by atoms with Crippen LogP contribution >= 0.6 is 0 Å². The maximum absolute atomic E-state index is 12.5. The number of Topliss-reactive ketones (excluding diaryl/α,β-unsaturated/α-hetero) is 1. The standard InChI is InChI=1S/C19H23NO2/c1-12-6-5-7-19(14(12)3)22-11-18(21)17-10-13(2)20(15(17)4)16-8-9-16/h5-7,10,16H,8-9,11H2,1-4H3. The van der Waals surface area contributed by atoms with E-state index in [1.54, 1.807) is 0 Å². The SMILES string of the molecule is Cc1cccc(OCC(=O)c2cc(C)n(C3CC3)c2C)c1C. The molecule has 0 atom stereocenters. The first-order valence-corrected chi connectivity index (χ1v) is 7.89. The molecule has 0 unspecified atom stereocenters. The van der Waals surface area contributed by atoms with E-state index in [-0.39, 0.29) is 12.4 Å². The van der Waals surface area contributed by atoms with Crippen LogP contribution in [0.1, 0.15) is 51.8 Å². The van der Waals surface area contributed by atoms with E-state index in [2.05, 4.69) is 11.5 Å². The van der Waals surface area contributed by atoms with Crippen molar-refractivity contribution in [1.82, 2.24) is 4.57 Å². The minimum Gasteiger partial charge on any atom is -0.485 e. The van der Waals surface area contributed by atoms with Crippen LogP contribution in [0.3, 0.4) is 0 Å². The molecule has 0 amide bonds. The van der Waals surface area contributed by atoms with E-state index in [0.29, 0.717) is 6.04 Å². The van der Waals surface area contributed by atoms with Gasteiger partial charge in [0.25, 0.3) is 0 Å². The van der Waals surface area contributed by atoms with Gasteiger partial charge in [-0.25, -0.2) is 0 Å². The Balaban J connectivity index is 1.75. The maximum atomic E-state index is 12.5. The Morgan fingerprint density at radius 2 is 1.95 bits per heavy atom. The molecule has 0 saturated heterocycles. The van der Waals surface area contributed by atoms with E-state index in [1.807, 2.05) is 45.0 Å². The highest BCUT2D eigenvalue weighted by Gasteiger charge is 2.28. The zero-order chi connectivity index (χ0) is 15.9. The first-order chi connectivity index (χ1) is 10.5. The lowest BCUT2D eigenvalue weighted by Gasteiger charge is -2.11. The number of carbonyl (C=O) groups is 1. The Labute approximate surface area is 131 Å². The minimum absolute atomic E-state index is 0.0564. The lowest BCUT2D eigenvalue weighted by atomic mass is 10.1. The average Bonchev–Trinajstić information content (AvgIpc) is 3.26. The molecule has 1 aromatic carbocycles. The number of ketones is 1. The van der Waals surface area contributed by atoms with Crippen molar-refractivity contribution in [1.29, 1.82) is 0 Å². The fourth-order valence-electron chi connectivity index (χ4n) is 3.06. The fourth-order valence-corrected chi connectivity index (χ4v) is 3.06. The van der Waals surface area contributed by atoms with Gasteiger partial charge in [-0.3, -0.25) is 4.79 Å². The molecule has 3 rings (SSSR count). The number of carbonyl (C=O) groups excluding carboxylic acids is 1. The summed E-state index contributed by atoms with van der Waals surface area (Å²) in [6.07, 6.45) is 2.45. The van der Waals surface area contributed by atoms with Crippen LogP contribution in [-0.4, -0.2) is 17.0 Å². The summed E-state index contributed by atoms with van der Waals surface area (Å²) in [7, 11) is 0. The first kappa shape index (κ1) is 14.9. The Bertz CT molecular complexity index is 723. The number of hydrogen-bond donors (Lipinski definition) is 0. The van der Waals surface area contributed by atoms with E-state index < -0.39 is 0 Å². The van der Waals surface area contributed by atoms with Gasteiger partial charge in [-0.15, -0.1) is 0 Å². The van der Waals surface area contributed by atoms with Crippen LogP contribution in [0.15, 0.2) is 24.3 Å². The average molecular weight is 297 g/mol. The number of ether oxygens (including phenoxy) is 1. The molecular formula is C19H23NO2. The molecule has 0 radical (unpaired) electrons. The van der Waals surface area contributed by atoms with Crippen molar-refractivity contribution < 1.29 is 9.53 Å². The summed E-state index contributed by atoms with van der Waals surface area (Å²) in [5, 5.41) is 0. The topological polar surface area (TPSA) is 31.2 Å². The molecule has 0 N–H and O–H groups in total. The molecule has 3 heteroatoms. The summed E-state index contributed by atoms with van der Waals surface area (Å²) in [6, 6.07) is 8.53. The third-order valence-electron chi connectivity index (χ3n) is 4.61. The third kappa shape index (κ3) is 2.68. The number of hydrogen-bond acceptors (Lipinski definition) is 2. The zero-order valence-electron chi connectivity index (χ0n) is 13.8. The smallest absolute Gasteiger partial charge is 0.202 e. The van der Waals surface area contributed by atoms with Crippen LogP contribution in [-0.2, 0) is 0 Å². The van der Waals surface area contributed by atoms with Crippen molar-refractivity contribution in [2.75, 3.05) is 6.61 Å². The van der Waals surface area contributed by atoms with Gasteiger partial charge < -0.3 is 9.30 Å². The lowest BCUT2D eigenvalue weighted by molar-refractivity contribution is 0.0920. The molecule has 1 aliphatic carbocycles. The van der Waals surface area contributed by atoms with Gasteiger partial charge >= 0.3 is 0 Å². The van der Waals surface area contributed by atoms with Gasteiger partial charge in [-0.2, -0.15) is 0 Å². The van der Waals surface area contributed by atoms with Crippen molar-refractivity contribution in [3.8, 4) is 5.75 Å². The quantitative estimate of drug-likeness (QED) is 0.770. The molecule has 116 valence electrons.